The lowest BCUT2D eigenvalue weighted by Gasteiger charge is -2.13. The van der Waals surface area contributed by atoms with Gasteiger partial charge in [0.1, 0.15) is 11.6 Å². The van der Waals surface area contributed by atoms with Crippen molar-refractivity contribution in [3.63, 3.8) is 0 Å². The van der Waals surface area contributed by atoms with Crippen molar-refractivity contribution in [3.8, 4) is 22.8 Å². The fraction of sp³-hybridized carbons (Fsp3) is 0.0476. The molecule has 0 saturated carbocycles. The number of aliphatic hydroxyl groups excluding tert-OH is 1. The number of nitrogens with two attached hydrogens (primary N) is 3. The zero-order chi connectivity index (χ0) is 40.3. The largest absolute Gasteiger partial charge is 0.400 e. The molecule has 0 aliphatic carbocycles. The summed E-state index contributed by atoms with van der Waals surface area (Å²) in [6, 6.07) is 32.7. The number of primary amides is 2. The lowest BCUT2D eigenvalue weighted by molar-refractivity contribution is 0.0992. The van der Waals surface area contributed by atoms with Crippen molar-refractivity contribution in [1.82, 2.24) is 29.9 Å². The number of carbonyl (C=O) groups is 2. The Kier molecular flexibility index (Phi) is 12.1. The van der Waals surface area contributed by atoms with Gasteiger partial charge in [0.2, 0.25) is 0 Å². The van der Waals surface area contributed by atoms with Crippen LogP contribution in [0.3, 0.4) is 0 Å². The Bertz CT molecular complexity index is 2680. The van der Waals surface area contributed by atoms with Crippen molar-refractivity contribution < 1.29 is 14.7 Å². The molecule has 4 aromatic heterocycles. The summed E-state index contributed by atoms with van der Waals surface area (Å²) in [5.41, 5.74) is 23.4. The summed E-state index contributed by atoms with van der Waals surface area (Å²) in [7, 11) is 2.85. The number of pyridine rings is 2. The average molecular weight is 759 g/mol. The maximum atomic E-state index is 11.8. The molecule has 8 rings (SSSR count). The molecule has 0 radical (unpaired) electrons. The van der Waals surface area contributed by atoms with Crippen LogP contribution in [0.25, 0.3) is 44.6 Å². The number of nitrogens with zero attached hydrogens (tertiary/aromatic N) is 6. The number of nitrogen functional groups attached to an aromatic ring is 1. The van der Waals surface area contributed by atoms with Crippen LogP contribution in [0.1, 0.15) is 20.7 Å². The second kappa shape index (κ2) is 17.9. The molecular weight excluding hydrogens is 721 g/mol. The van der Waals surface area contributed by atoms with Gasteiger partial charge in [-0.25, -0.2) is 19.9 Å². The number of aliphatic hydroxyl groups is 1. The third-order valence-electron chi connectivity index (χ3n) is 8.44. The predicted molar refractivity (Wildman–Crippen MR) is 224 cm³/mol. The van der Waals surface area contributed by atoms with E-state index in [-0.39, 0.29) is 0 Å². The van der Waals surface area contributed by atoms with Crippen LogP contribution in [0.5, 0.6) is 0 Å². The van der Waals surface area contributed by atoms with Crippen molar-refractivity contribution in [2.45, 2.75) is 0 Å². The smallest absolute Gasteiger partial charge is 0.250 e. The van der Waals surface area contributed by atoms with E-state index in [9.17, 15) is 9.59 Å². The van der Waals surface area contributed by atoms with E-state index in [4.69, 9.17) is 27.3 Å². The standard InChI is InChI=1S/C21H18N6O.C20H16N6O.CH4O/c1-23-14-8-9-16-18(11-14)26-20(13-5-4-10-24-12-13)27-21(16)25-17-7-3-2-6-15(17)19(22)28;21-13-7-8-15-17(10-13)25-19(12-4-3-9-23-11-12)26-20(15)24-16-6-2-1-5-14(16)18(22)27;1-2/h2-12,23H,1H3,(H2,22,28)(H,25,26,27);1-11H,21H2,(H2,22,27)(H,24,25,26);2H,1H3. The van der Waals surface area contributed by atoms with Gasteiger partial charge in [-0.15, -0.1) is 0 Å². The lowest BCUT2D eigenvalue weighted by Crippen LogP contribution is -2.13. The third-order valence-corrected chi connectivity index (χ3v) is 8.44. The van der Waals surface area contributed by atoms with Crippen LogP contribution in [0.15, 0.2) is 134 Å². The number of rotatable bonds is 9. The molecule has 8 aromatic rings. The molecule has 0 bridgehead atoms. The number of aromatic nitrogens is 6. The molecular formula is C42H38N12O3. The quantitative estimate of drug-likeness (QED) is 0.0800. The molecule has 15 nitrogen and oxygen atoms in total. The van der Waals surface area contributed by atoms with Crippen LogP contribution < -0.4 is 33.2 Å². The Morgan fingerprint density at radius 2 is 1.05 bits per heavy atom. The second-order valence-electron chi connectivity index (χ2n) is 12.1. The van der Waals surface area contributed by atoms with Crippen molar-refractivity contribution in [2.24, 2.45) is 11.5 Å². The van der Waals surface area contributed by atoms with E-state index < -0.39 is 11.8 Å². The minimum atomic E-state index is -0.520. The molecule has 2 amide bonds. The van der Waals surface area contributed by atoms with Crippen LogP contribution >= 0.6 is 0 Å². The summed E-state index contributed by atoms with van der Waals surface area (Å²) in [6.45, 7) is 0. The SMILES string of the molecule is CNc1ccc2c(Nc3ccccc3C(N)=O)nc(-c3cccnc3)nc2c1.CO.NC(=O)c1ccccc1Nc1nc(-c2cccnc2)nc2cc(N)ccc12. The average Bonchev–Trinajstić information content (AvgIpc) is 3.25. The normalized spacial score (nSPS) is 10.4. The molecule has 4 heterocycles. The molecule has 0 atom stereocenters. The Morgan fingerprint density at radius 3 is 1.51 bits per heavy atom. The molecule has 0 aliphatic rings. The van der Waals surface area contributed by atoms with Crippen LogP contribution in [0.2, 0.25) is 0 Å². The number of amides is 2. The number of carbonyl (C=O) groups excluding carboxylic acids is 2. The van der Waals surface area contributed by atoms with Gasteiger partial charge in [-0.3, -0.25) is 19.6 Å². The molecule has 0 saturated heterocycles. The first-order valence-electron chi connectivity index (χ1n) is 17.4. The van der Waals surface area contributed by atoms with Crippen LogP contribution in [0, 0.1) is 0 Å². The van der Waals surface area contributed by atoms with Crippen molar-refractivity contribution in [2.75, 3.05) is 35.8 Å². The van der Waals surface area contributed by atoms with Crippen LogP contribution in [-0.2, 0) is 0 Å². The van der Waals surface area contributed by atoms with Crippen molar-refractivity contribution in [3.05, 3.63) is 145 Å². The highest BCUT2D eigenvalue weighted by atomic mass is 16.2. The number of hydrogen-bond acceptors (Lipinski definition) is 13. The summed E-state index contributed by atoms with van der Waals surface area (Å²) in [6.07, 6.45) is 6.79. The molecule has 0 fully saturated rings. The van der Waals surface area contributed by atoms with E-state index in [1.165, 1.54) is 0 Å². The van der Waals surface area contributed by atoms with E-state index in [0.717, 1.165) is 40.2 Å². The minimum absolute atomic E-state index is 0.377. The highest BCUT2D eigenvalue weighted by Crippen LogP contribution is 2.31. The second-order valence-corrected chi connectivity index (χ2v) is 12.1. The van der Waals surface area contributed by atoms with Gasteiger partial charge in [-0.1, -0.05) is 24.3 Å². The van der Waals surface area contributed by atoms with E-state index in [0.29, 0.717) is 57.0 Å². The highest BCUT2D eigenvalue weighted by molar-refractivity contribution is 6.02. The van der Waals surface area contributed by atoms with Gasteiger partial charge in [-0.05, 0) is 84.9 Å². The topological polar surface area (TPSA) is 246 Å². The molecule has 10 N–H and O–H groups in total. The van der Waals surface area contributed by atoms with Gasteiger partial charge in [0.15, 0.2) is 11.6 Å². The fourth-order valence-electron chi connectivity index (χ4n) is 5.74. The number of nitrogens with one attached hydrogen (secondary N) is 3. The van der Waals surface area contributed by atoms with Gasteiger partial charge >= 0.3 is 0 Å². The first kappa shape index (κ1) is 38.7. The zero-order valence-corrected chi connectivity index (χ0v) is 30.9. The number of benzene rings is 4. The molecule has 15 heteroatoms. The first-order valence-corrected chi connectivity index (χ1v) is 17.4. The van der Waals surface area contributed by atoms with Crippen LogP contribution in [-0.4, -0.2) is 61.0 Å². The molecule has 284 valence electrons. The summed E-state index contributed by atoms with van der Waals surface area (Å²) in [5, 5.41) is 18.2. The number of hydrogen-bond donors (Lipinski definition) is 7. The molecule has 0 spiro atoms. The summed E-state index contributed by atoms with van der Waals surface area (Å²) < 4.78 is 0. The van der Waals surface area contributed by atoms with Gasteiger partial charge in [0.25, 0.3) is 11.8 Å². The summed E-state index contributed by atoms with van der Waals surface area (Å²) in [5.74, 6) is 1.14. The Balaban J connectivity index is 0.000000185. The summed E-state index contributed by atoms with van der Waals surface area (Å²) in [4.78, 5) is 50.4. The van der Waals surface area contributed by atoms with Gasteiger partial charge in [0, 0.05) is 72.2 Å². The maximum absolute atomic E-state index is 11.8. The molecule has 4 aromatic carbocycles. The van der Waals surface area contributed by atoms with E-state index in [1.54, 1.807) is 73.3 Å². The maximum Gasteiger partial charge on any atom is 0.250 e. The van der Waals surface area contributed by atoms with E-state index >= 15 is 0 Å². The molecule has 57 heavy (non-hydrogen) atoms. The number of para-hydroxylation sites is 2. The monoisotopic (exact) mass is 758 g/mol. The van der Waals surface area contributed by atoms with Gasteiger partial charge in [0.05, 0.1) is 33.5 Å². The highest BCUT2D eigenvalue weighted by Gasteiger charge is 2.15. The molecule has 0 aliphatic heterocycles. The first-order chi connectivity index (χ1) is 27.8. The minimum Gasteiger partial charge on any atom is -0.400 e. The Morgan fingerprint density at radius 1 is 0.579 bits per heavy atom. The number of anilines is 6. The van der Waals surface area contributed by atoms with E-state index in [1.807, 2.05) is 67.7 Å². The third kappa shape index (κ3) is 9.02. The Labute approximate surface area is 327 Å². The van der Waals surface area contributed by atoms with Crippen molar-refractivity contribution in [1.29, 1.82) is 0 Å². The predicted octanol–water partition coefficient (Wildman–Crippen LogP) is 6.30. The van der Waals surface area contributed by atoms with Crippen molar-refractivity contribution >= 4 is 68.0 Å². The van der Waals surface area contributed by atoms with E-state index in [2.05, 4.69) is 40.9 Å². The zero-order valence-electron chi connectivity index (χ0n) is 30.9. The molecule has 0 unspecified atom stereocenters. The fourth-order valence-corrected chi connectivity index (χ4v) is 5.74. The number of fused-ring (bicyclic) bond motifs is 2. The summed E-state index contributed by atoms with van der Waals surface area (Å²) >= 11 is 0. The Hall–Kier alpha value is -8.04. The van der Waals surface area contributed by atoms with Crippen LogP contribution in [0.4, 0.5) is 34.4 Å². The lowest BCUT2D eigenvalue weighted by atomic mass is 10.1. The van der Waals surface area contributed by atoms with Gasteiger partial charge < -0.3 is 38.3 Å². The van der Waals surface area contributed by atoms with Gasteiger partial charge in [-0.2, -0.15) is 0 Å².